The Morgan fingerprint density at radius 3 is 2.70 bits per heavy atom. The zero-order chi connectivity index (χ0) is 21.7. The molecular weight excluding hydrogens is 387 g/mol. The Hall–Kier alpha value is -3.88. The number of anilines is 4. The second-order valence-corrected chi connectivity index (χ2v) is 6.54. The summed E-state index contributed by atoms with van der Waals surface area (Å²) in [5.41, 5.74) is 3.35. The third kappa shape index (κ3) is 4.93. The molecule has 0 saturated heterocycles. The zero-order valence-corrected chi connectivity index (χ0v) is 16.9. The van der Waals surface area contributed by atoms with Gasteiger partial charge in [-0.2, -0.15) is 9.97 Å². The van der Waals surface area contributed by atoms with E-state index in [0.29, 0.717) is 5.82 Å². The Labute approximate surface area is 173 Å². The molecule has 30 heavy (non-hydrogen) atoms. The number of carbonyl (C=O) groups is 1. The van der Waals surface area contributed by atoms with Crippen molar-refractivity contribution in [3.8, 4) is 6.01 Å². The fourth-order valence-electron chi connectivity index (χ4n) is 2.65. The zero-order valence-electron chi connectivity index (χ0n) is 16.9. The molecule has 0 unspecified atom stereocenters. The van der Waals surface area contributed by atoms with Crippen LogP contribution in [-0.4, -0.2) is 32.8 Å². The van der Waals surface area contributed by atoms with Gasteiger partial charge < -0.3 is 15.4 Å². The Morgan fingerprint density at radius 1 is 1.17 bits per heavy atom. The number of allylic oxidation sites excluding steroid dienone is 1. The third-order valence-corrected chi connectivity index (χ3v) is 4.21. The normalized spacial score (nSPS) is 10.4. The van der Waals surface area contributed by atoms with Crippen molar-refractivity contribution in [2.24, 2.45) is 0 Å². The summed E-state index contributed by atoms with van der Waals surface area (Å²) in [6, 6.07) is 5.76. The highest BCUT2D eigenvalue weighted by Crippen LogP contribution is 2.25. The first-order valence-electron chi connectivity index (χ1n) is 9.08. The number of halogens is 1. The van der Waals surface area contributed by atoms with E-state index in [0.717, 1.165) is 28.6 Å². The second-order valence-electron chi connectivity index (χ2n) is 6.54. The SMILES string of the molecule is C=CC(=O)Cc1cc(C)ccc1Nc1nc(Nc2nc(OC)ncc2F)ncc1C. The molecule has 8 nitrogen and oxygen atoms in total. The maximum Gasteiger partial charge on any atom is 0.318 e. The number of methoxy groups -OCH3 is 1. The van der Waals surface area contributed by atoms with Crippen molar-refractivity contribution < 1.29 is 13.9 Å². The third-order valence-electron chi connectivity index (χ3n) is 4.21. The van der Waals surface area contributed by atoms with E-state index >= 15 is 0 Å². The molecule has 0 aliphatic carbocycles. The number of rotatable bonds is 8. The topological polar surface area (TPSA) is 102 Å². The molecule has 0 saturated carbocycles. The molecule has 0 atom stereocenters. The van der Waals surface area contributed by atoms with Crippen molar-refractivity contribution in [3.63, 3.8) is 0 Å². The molecule has 3 rings (SSSR count). The lowest BCUT2D eigenvalue weighted by Crippen LogP contribution is -2.08. The van der Waals surface area contributed by atoms with Crippen LogP contribution in [0.4, 0.5) is 27.7 Å². The average molecular weight is 408 g/mol. The van der Waals surface area contributed by atoms with E-state index < -0.39 is 5.82 Å². The van der Waals surface area contributed by atoms with Crippen LogP contribution < -0.4 is 15.4 Å². The van der Waals surface area contributed by atoms with Gasteiger partial charge in [0, 0.05) is 23.9 Å². The van der Waals surface area contributed by atoms with E-state index in [-0.39, 0.29) is 30.0 Å². The van der Waals surface area contributed by atoms with Crippen molar-refractivity contribution in [2.45, 2.75) is 20.3 Å². The molecule has 0 spiro atoms. The maximum atomic E-state index is 14.0. The quantitative estimate of drug-likeness (QED) is 0.543. The van der Waals surface area contributed by atoms with Gasteiger partial charge in [-0.1, -0.05) is 24.3 Å². The fraction of sp³-hybridized carbons (Fsp3) is 0.190. The predicted octanol–water partition coefficient (Wildman–Crippen LogP) is 3.82. The molecule has 0 aliphatic heterocycles. The molecule has 154 valence electrons. The van der Waals surface area contributed by atoms with Gasteiger partial charge in [-0.3, -0.25) is 4.79 Å². The van der Waals surface area contributed by atoms with Crippen LogP contribution in [0.25, 0.3) is 0 Å². The van der Waals surface area contributed by atoms with E-state index in [1.54, 1.807) is 6.20 Å². The molecule has 0 aliphatic rings. The number of ketones is 1. The minimum atomic E-state index is -0.668. The van der Waals surface area contributed by atoms with E-state index in [4.69, 9.17) is 4.74 Å². The Bertz CT molecular complexity index is 1100. The lowest BCUT2D eigenvalue weighted by molar-refractivity contribution is -0.114. The molecule has 0 bridgehead atoms. The molecule has 2 N–H and O–H groups in total. The van der Waals surface area contributed by atoms with Crippen LogP contribution >= 0.6 is 0 Å². The van der Waals surface area contributed by atoms with E-state index in [2.05, 4.69) is 37.1 Å². The largest absolute Gasteiger partial charge is 0.467 e. The van der Waals surface area contributed by atoms with Gasteiger partial charge in [-0.05, 0) is 31.6 Å². The summed E-state index contributed by atoms with van der Waals surface area (Å²) in [6.45, 7) is 7.32. The Kier molecular flexibility index (Phi) is 6.31. The van der Waals surface area contributed by atoms with Gasteiger partial charge in [-0.25, -0.2) is 14.4 Å². The van der Waals surface area contributed by atoms with Crippen LogP contribution in [0.2, 0.25) is 0 Å². The summed E-state index contributed by atoms with van der Waals surface area (Å²) in [7, 11) is 1.39. The monoisotopic (exact) mass is 408 g/mol. The lowest BCUT2D eigenvalue weighted by Gasteiger charge is -2.14. The molecule has 2 aromatic heterocycles. The average Bonchev–Trinajstić information content (AvgIpc) is 2.73. The van der Waals surface area contributed by atoms with Gasteiger partial charge in [0.05, 0.1) is 13.3 Å². The van der Waals surface area contributed by atoms with Crippen LogP contribution in [0.15, 0.2) is 43.2 Å². The highest BCUT2D eigenvalue weighted by Gasteiger charge is 2.13. The van der Waals surface area contributed by atoms with Gasteiger partial charge in [0.1, 0.15) is 5.82 Å². The molecule has 3 aromatic rings. The summed E-state index contributed by atoms with van der Waals surface area (Å²) in [5.74, 6) is -0.218. The molecular formula is C21H21FN6O2. The number of carbonyl (C=O) groups excluding carboxylic acids is 1. The highest BCUT2D eigenvalue weighted by atomic mass is 19.1. The first-order valence-corrected chi connectivity index (χ1v) is 9.08. The van der Waals surface area contributed by atoms with Gasteiger partial charge >= 0.3 is 6.01 Å². The van der Waals surface area contributed by atoms with Crippen molar-refractivity contribution >= 4 is 29.1 Å². The van der Waals surface area contributed by atoms with Crippen LogP contribution in [0.5, 0.6) is 6.01 Å². The lowest BCUT2D eigenvalue weighted by atomic mass is 10.0. The summed E-state index contributed by atoms with van der Waals surface area (Å²) in [5, 5.41) is 5.96. The summed E-state index contributed by atoms with van der Waals surface area (Å²) >= 11 is 0. The Morgan fingerprint density at radius 2 is 1.97 bits per heavy atom. The number of aryl methyl sites for hydroxylation is 2. The number of ether oxygens (including phenoxy) is 1. The minimum Gasteiger partial charge on any atom is -0.467 e. The summed E-state index contributed by atoms with van der Waals surface area (Å²) in [6.07, 6.45) is 4.11. The second kappa shape index (κ2) is 9.08. The van der Waals surface area contributed by atoms with Crippen LogP contribution in [0.3, 0.4) is 0 Å². The summed E-state index contributed by atoms with van der Waals surface area (Å²) in [4.78, 5) is 28.1. The van der Waals surface area contributed by atoms with E-state index in [9.17, 15) is 9.18 Å². The van der Waals surface area contributed by atoms with Crippen molar-refractivity contribution in [2.75, 3.05) is 17.7 Å². The van der Waals surface area contributed by atoms with Crippen LogP contribution in [0, 0.1) is 19.7 Å². The van der Waals surface area contributed by atoms with Gasteiger partial charge in [-0.15, -0.1) is 0 Å². The minimum absolute atomic E-state index is 0.0144. The van der Waals surface area contributed by atoms with Gasteiger partial charge in [0.2, 0.25) is 5.95 Å². The van der Waals surface area contributed by atoms with Gasteiger partial charge in [0.15, 0.2) is 17.4 Å². The van der Waals surface area contributed by atoms with Crippen LogP contribution in [-0.2, 0) is 11.2 Å². The first-order chi connectivity index (χ1) is 14.4. The fourth-order valence-corrected chi connectivity index (χ4v) is 2.65. The highest BCUT2D eigenvalue weighted by molar-refractivity contribution is 5.92. The van der Waals surface area contributed by atoms with Crippen molar-refractivity contribution in [3.05, 3.63) is 65.8 Å². The molecule has 0 fully saturated rings. The van der Waals surface area contributed by atoms with Crippen LogP contribution in [0.1, 0.15) is 16.7 Å². The predicted molar refractivity (Wildman–Crippen MR) is 112 cm³/mol. The standard InChI is InChI=1S/C21H21FN6O2/c1-5-15(29)9-14-8-12(2)6-7-17(14)25-18-13(3)10-23-20(26-18)27-19-16(22)11-24-21(28-19)30-4/h5-8,10-11H,1,9H2,2-4H3,(H2,23,24,25,26,27,28). The number of aromatic nitrogens is 4. The number of hydrogen-bond donors (Lipinski definition) is 2. The number of nitrogens with zero attached hydrogens (tertiary/aromatic N) is 4. The molecule has 0 radical (unpaired) electrons. The van der Waals surface area contributed by atoms with Crippen molar-refractivity contribution in [1.82, 2.24) is 19.9 Å². The molecule has 9 heteroatoms. The van der Waals surface area contributed by atoms with E-state index in [1.807, 2.05) is 32.0 Å². The number of benzene rings is 1. The van der Waals surface area contributed by atoms with Gasteiger partial charge in [0.25, 0.3) is 0 Å². The first kappa shape index (κ1) is 20.8. The Balaban J connectivity index is 1.90. The number of nitrogens with one attached hydrogen (secondary N) is 2. The van der Waals surface area contributed by atoms with E-state index in [1.165, 1.54) is 13.2 Å². The maximum absolute atomic E-state index is 14.0. The molecule has 2 heterocycles. The number of hydrogen-bond acceptors (Lipinski definition) is 8. The smallest absolute Gasteiger partial charge is 0.318 e. The molecule has 0 amide bonds. The van der Waals surface area contributed by atoms with Crippen molar-refractivity contribution in [1.29, 1.82) is 0 Å². The molecule has 1 aromatic carbocycles. The summed E-state index contributed by atoms with van der Waals surface area (Å²) < 4.78 is 18.9.